The van der Waals surface area contributed by atoms with Crippen molar-refractivity contribution in [2.75, 3.05) is 66.5 Å². The number of piperidine rings is 2. The molecule has 3 heterocycles. The lowest BCUT2D eigenvalue weighted by molar-refractivity contribution is 0.126. The highest BCUT2D eigenvalue weighted by atomic mass is 15.3. The van der Waals surface area contributed by atoms with Gasteiger partial charge in [0.2, 0.25) is 0 Å². The molecule has 3 fully saturated rings. The normalized spacial score (nSPS) is 24.0. The summed E-state index contributed by atoms with van der Waals surface area (Å²) >= 11 is 0. The number of likely N-dealkylation sites (tertiary alicyclic amines) is 2. The minimum atomic E-state index is 0.730. The summed E-state index contributed by atoms with van der Waals surface area (Å²) in [5.41, 5.74) is 0. The lowest BCUT2D eigenvalue weighted by Crippen LogP contribution is -2.47. The molecular formula is C26H56N4. The van der Waals surface area contributed by atoms with Gasteiger partial charge in [-0.1, -0.05) is 20.8 Å². The van der Waals surface area contributed by atoms with Crippen LogP contribution in [-0.2, 0) is 0 Å². The highest BCUT2D eigenvalue weighted by molar-refractivity contribution is 4.73. The van der Waals surface area contributed by atoms with Gasteiger partial charge < -0.3 is 14.7 Å². The molecule has 4 heteroatoms. The van der Waals surface area contributed by atoms with Crippen molar-refractivity contribution in [2.45, 2.75) is 86.2 Å². The van der Waals surface area contributed by atoms with Crippen LogP contribution in [0, 0.1) is 17.8 Å². The molecule has 0 bridgehead atoms. The molecule has 0 aromatic heterocycles. The maximum absolute atomic E-state index is 2.57. The Hall–Kier alpha value is -0.160. The molecule has 30 heavy (non-hydrogen) atoms. The summed E-state index contributed by atoms with van der Waals surface area (Å²) in [7, 11) is 4.41. The van der Waals surface area contributed by atoms with Gasteiger partial charge in [-0.05, 0) is 111 Å². The van der Waals surface area contributed by atoms with Crippen LogP contribution in [0.3, 0.4) is 0 Å². The number of piperazine rings is 1. The maximum atomic E-state index is 2.57. The molecule has 180 valence electrons. The lowest BCUT2D eigenvalue weighted by atomic mass is 9.87. The van der Waals surface area contributed by atoms with Gasteiger partial charge in [0.05, 0.1) is 0 Å². The van der Waals surface area contributed by atoms with Gasteiger partial charge >= 0.3 is 0 Å². The molecule has 0 saturated carbocycles. The Bertz CT molecular complexity index is 337. The number of likely N-dealkylation sites (N-methyl/N-ethyl adjacent to an activating group) is 1. The Balaban J connectivity index is 0.000000225. The van der Waals surface area contributed by atoms with E-state index in [2.05, 4.69) is 82.2 Å². The second-order valence-corrected chi connectivity index (χ2v) is 11.1. The molecule has 0 atom stereocenters. The first kappa shape index (κ1) is 27.9. The van der Waals surface area contributed by atoms with E-state index >= 15 is 0 Å². The third-order valence-corrected chi connectivity index (χ3v) is 7.52. The van der Waals surface area contributed by atoms with Crippen molar-refractivity contribution in [3.63, 3.8) is 0 Å². The minimum Gasteiger partial charge on any atom is -0.306 e. The van der Waals surface area contributed by atoms with Gasteiger partial charge in [-0.2, -0.15) is 0 Å². The summed E-state index contributed by atoms with van der Waals surface area (Å²) in [5.74, 6) is 2.86. The predicted molar refractivity (Wildman–Crippen MR) is 134 cm³/mol. The SMILES string of the molecule is CC(C)C1CCN(C)CC1.CC(C)N1CCN(C)CC1.CC1CCN(C(C)C)CC1. The molecule has 3 aliphatic rings. The molecule has 0 aromatic carbocycles. The van der Waals surface area contributed by atoms with Crippen LogP contribution in [0.5, 0.6) is 0 Å². The zero-order chi connectivity index (χ0) is 22.7. The first-order valence-electron chi connectivity index (χ1n) is 12.9. The van der Waals surface area contributed by atoms with Crippen LogP contribution in [0.2, 0.25) is 0 Å². The third kappa shape index (κ3) is 11.5. The molecule has 0 amide bonds. The Morgan fingerprint density at radius 3 is 1.33 bits per heavy atom. The fourth-order valence-electron chi connectivity index (χ4n) is 4.58. The molecule has 3 saturated heterocycles. The van der Waals surface area contributed by atoms with Gasteiger partial charge in [0.25, 0.3) is 0 Å². The van der Waals surface area contributed by atoms with Crippen molar-refractivity contribution in [3.8, 4) is 0 Å². The van der Waals surface area contributed by atoms with E-state index in [1.54, 1.807) is 0 Å². The highest BCUT2D eigenvalue weighted by Gasteiger charge is 2.19. The molecule has 3 rings (SSSR count). The van der Waals surface area contributed by atoms with Gasteiger partial charge in [0, 0.05) is 38.3 Å². The first-order valence-corrected chi connectivity index (χ1v) is 12.9. The summed E-state index contributed by atoms with van der Waals surface area (Å²) < 4.78 is 0. The number of hydrogen-bond donors (Lipinski definition) is 0. The molecule has 4 nitrogen and oxygen atoms in total. The van der Waals surface area contributed by atoms with Gasteiger partial charge in [-0.3, -0.25) is 4.90 Å². The molecule has 3 aliphatic heterocycles. The average Bonchev–Trinajstić information content (AvgIpc) is 2.70. The third-order valence-electron chi connectivity index (χ3n) is 7.52. The summed E-state index contributed by atoms with van der Waals surface area (Å²) in [6.07, 6.45) is 5.62. The van der Waals surface area contributed by atoms with E-state index in [-0.39, 0.29) is 0 Å². The second kappa shape index (κ2) is 14.8. The molecule has 0 aliphatic carbocycles. The van der Waals surface area contributed by atoms with Crippen LogP contribution in [0.25, 0.3) is 0 Å². The maximum Gasteiger partial charge on any atom is 0.0112 e. The lowest BCUT2D eigenvalue weighted by Gasteiger charge is -2.34. The van der Waals surface area contributed by atoms with Gasteiger partial charge in [0.15, 0.2) is 0 Å². The van der Waals surface area contributed by atoms with Crippen molar-refractivity contribution in [2.24, 2.45) is 17.8 Å². The smallest absolute Gasteiger partial charge is 0.0112 e. The van der Waals surface area contributed by atoms with Crippen LogP contribution in [0.4, 0.5) is 0 Å². The second-order valence-electron chi connectivity index (χ2n) is 11.1. The molecular weight excluding hydrogens is 368 g/mol. The Labute approximate surface area is 190 Å². The number of hydrogen-bond acceptors (Lipinski definition) is 4. The van der Waals surface area contributed by atoms with E-state index in [1.165, 1.54) is 78.0 Å². The molecule has 0 spiro atoms. The first-order chi connectivity index (χ1) is 14.1. The summed E-state index contributed by atoms with van der Waals surface area (Å²) in [6.45, 7) is 26.4. The summed E-state index contributed by atoms with van der Waals surface area (Å²) in [4.78, 5) is 9.91. The minimum absolute atomic E-state index is 0.730. The van der Waals surface area contributed by atoms with Crippen LogP contribution < -0.4 is 0 Å². The van der Waals surface area contributed by atoms with Crippen molar-refractivity contribution >= 4 is 0 Å². The van der Waals surface area contributed by atoms with Crippen LogP contribution >= 0.6 is 0 Å². The number of nitrogens with zero attached hydrogens (tertiary/aromatic N) is 4. The highest BCUT2D eigenvalue weighted by Crippen LogP contribution is 2.23. The van der Waals surface area contributed by atoms with Gasteiger partial charge in [0.1, 0.15) is 0 Å². The van der Waals surface area contributed by atoms with E-state index in [9.17, 15) is 0 Å². The van der Waals surface area contributed by atoms with E-state index < -0.39 is 0 Å². The average molecular weight is 425 g/mol. The molecule has 0 unspecified atom stereocenters. The Morgan fingerprint density at radius 1 is 0.533 bits per heavy atom. The standard InChI is InChI=1S/2C9H19N.C8H18N2/c1-8(2)9-4-6-10(3)7-5-9;2*1-8(2)10-6-4-9(3)5-7-10/h2*8-9H,4-7H2,1-3H3;8H,4-7H2,1-3H3. The van der Waals surface area contributed by atoms with Crippen molar-refractivity contribution < 1.29 is 0 Å². The topological polar surface area (TPSA) is 13.0 Å². The number of rotatable bonds is 3. The molecule has 0 aromatic rings. The van der Waals surface area contributed by atoms with E-state index in [0.29, 0.717) is 0 Å². The van der Waals surface area contributed by atoms with Crippen LogP contribution in [0.15, 0.2) is 0 Å². The van der Waals surface area contributed by atoms with E-state index in [0.717, 1.165) is 29.8 Å². The largest absolute Gasteiger partial charge is 0.306 e. The van der Waals surface area contributed by atoms with Crippen molar-refractivity contribution in [1.29, 1.82) is 0 Å². The zero-order valence-corrected chi connectivity index (χ0v) is 22.2. The monoisotopic (exact) mass is 424 g/mol. The van der Waals surface area contributed by atoms with Gasteiger partial charge in [-0.15, -0.1) is 0 Å². The summed E-state index contributed by atoms with van der Waals surface area (Å²) in [5, 5.41) is 0. The van der Waals surface area contributed by atoms with E-state index in [1.807, 2.05) is 0 Å². The van der Waals surface area contributed by atoms with Crippen LogP contribution in [-0.4, -0.2) is 98.1 Å². The van der Waals surface area contributed by atoms with E-state index in [4.69, 9.17) is 0 Å². The Morgan fingerprint density at radius 2 is 0.933 bits per heavy atom. The fourth-order valence-corrected chi connectivity index (χ4v) is 4.58. The van der Waals surface area contributed by atoms with Crippen LogP contribution in [0.1, 0.15) is 74.1 Å². The predicted octanol–water partition coefficient (Wildman–Crippen LogP) is 4.75. The zero-order valence-electron chi connectivity index (χ0n) is 22.2. The quantitative estimate of drug-likeness (QED) is 0.648. The summed E-state index contributed by atoms with van der Waals surface area (Å²) in [6, 6.07) is 1.49. The van der Waals surface area contributed by atoms with Gasteiger partial charge in [-0.25, -0.2) is 0 Å². The fraction of sp³-hybridized carbons (Fsp3) is 1.00. The molecule has 0 N–H and O–H groups in total. The molecule has 0 radical (unpaired) electrons. The van der Waals surface area contributed by atoms with Crippen molar-refractivity contribution in [1.82, 2.24) is 19.6 Å². The van der Waals surface area contributed by atoms with Crippen molar-refractivity contribution in [3.05, 3.63) is 0 Å². The Kier molecular flexibility index (Phi) is 13.8.